The van der Waals surface area contributed by atoms with Gasteiger partial charge in [-0.25, -0.2) is 4.79 Å². The lowest BCUT2D eigenvalue weighted by Crippen LogP contribution is -2.04. The summed E-state index contributed by atoms with van der Waals surface area (Å²) in [6.07, 6.45) is 1.02. The molecule has 3 rings (SSSR count). The van der Waals surface area contributed by atoms with Gasteiger partial charge in [-0.3, -0.25) is 0 Å². The Bertz CT molecular complexity index is 914. The van der Waals surface area contributed by atoms with Crippen LogP contribution in [-0.2, 0) is 11.2 Å². The Morgan fingerprint density at radius 3 is 1.89 bits per heavy atom. The first-order valence-electron chi connectivity index (χ1n) is 8.66. The molecule has 2 N–H and O–H groups in total. The van der Waals surface area contributed by atoms with Crippen LogP contribution in [0.1, 0.15) is 17.5 Å². The predicted octanol–water partition coefficient (Wildman–Crippen LogP) is 5.47. The highest BCUT2D eigenvalue weighted by molar-refractivity contribution is 5.93. The molecule has 0 bridgehead atoms. The molecule has 0 fully saturated rings. The molecule has 0 amide bonds. The summed E-state index contributed by atoms with van der Waals surface area (Å²) < 4.78 is 5.77. The van der Waals surface area contributed by atoms with Crippen molar-refractivity contribution in [2.45, 2.75) is 12.8 Å². The highest BCUT2D eigenvalue weighted by atomic mass is 16.5. The number of ether oxygens (including phenoxy) is 1. The van der Waals surface area contributed by atoms with Gasteiger partial charge in [0.2, 0.25) is 5.76 Å². The van der Waals surface area contributed by atoms with Crippen molar-refractivity contribution in [2.75, 3.05) is 0 Å². The van der Waals surface area contributed by atoms with Gasteiger partial charge in [0.15, 0.2) is 0 Å². The second-order valence-corrected chi connectivity index (χ2v) is 6.06. The minimum atomic E-state index is -1.32. The van der Waals surface area contributed by atoms with Gasteiger partial charge in [0.25, 0.3) is 0 Å². The monoisotopic (exact) mass is 360 g/mol. The van der Waals surface area contributed by atoms with Crippen LogP contribution in [0, 0.1) is 0 Å². The van der Waals surface area contributed by atoms with E-state index in [1.165, 1.54) is 0 Å². The van der Waals surface area contributed by atoms with Gasteiger partial charge in [0, 0.05) is 5.57 Å². The smallest absolute Gasteiger partial charge is 0.371 e. The van der Waals surface area contributed by atoms with Crippen LogP contribution in [0.3, 0.4) is 0 Å². The van der Waals surface area contributed by atoms with Crippen molar-refractivity contribution >= 4 is 11.5 Å². The largest absolute Gasteiger partial charge is 0.502 e. The average Bonchev–Trinajstić information content (AvgIpc) is 2.71. The van der Waals surface area contributed by atoms with Crippen LogP contribution in [0.4, 0.5) is 0 Å². The Morgan fingerprint density at radius 1 is 0.741 bits per heavy atom. The van der Waals surface area contributed by atoms with Crippen LogP contribution in [0.5, 0.6) is 11.5 Å². The quantitative estimate of drug-likeness (QED) is 0.433. The number of aliphatic hydroxyl groups excluding tert-OH is 1. The minimum absolute atomic E-state index is 0.418. The number of aliphatic hydroxyl groups is 1. The molecule has 0 radical (unpaired) electrons. The number of hydrogen-bond acceptors (Lipinski definition) is 3. The van der Waals surface area contributed by atoms with Gasteiger partial charge in [-0.1, -0.05) is 60.7 Å². The molecule has 0 heterocycles. The summed E-state index contributed by atoms with van der Waals surface area (Å²) in [5.41, 5.74) is 2.16. The van der Waals surface area contributed by atoms with Crippen LogP contribution in [0.15, 0.2) is 90.7 Å². The van der Waals surface area contributed by atoms with Crippen LogP contribution >= 0.6 is 0 Å². The first-order valence-corrected chi connectivity index (χ1v) is 8.66. The molecule has 27 heavy (non-hydrogen) atoms. The van der Waals surface area contributed by atoms with Gasteiger partial charge in [-0.05, 0) is 48.2 Å². The van der Waals surface area contributed by atoms with E-state index in [9.17, 15) is 9.90 Å². The number of rotatable bonds is 7. The third kappa shape index (κ3) is 4.98. The summed E-state index contributed by atoms with van der Waals surface area (Å²) in [5, 5.41) is 19.1. The molecular formula is C23H20O4. The Balaban J connectivity index is 1.70. The topological polar surface area (TPSA) is 66.8 Å². The van der Waals surface area contributed by atoms with Crippen molar-refractivity contribution in [2.24, 2.45) is 0 Å². The summed E-state index contributed by atoms with van der Waals surface area (Å²) in [7, 11) is 0. The molecular weight excluding hydrogens is 340 g/mol. The lowest BCUT2D eigenvalue weighted by molar-refractivity contribution is -0.135. The Morgan fingerprint density at radius 2 is 1.30 bits per heavy atom. The number of aliphatic carboxylic acids is 1. The minimum Gasteiger partial charge on any atom is -0.502 e. The summed E-state index contributed by atoms with van der Waals surface area (Å²) in [4.78, 5) is 11.2. The summed E-state index contributed by atoms with van der Waals surface area (Å²) in [6.45, 7) is 0. The zero-order valence-corrected chi connectivity index (χ0v) is 14.7. The lowest BCUT2D eigenvalue weighted by Gasteiger charge is -2.10. The maximum Gasteiger partial charge on any atom is 0.371 e. The maximum atomic E-state index is 11.2. The molecule has 0 atom stereocenters. The number of carbonyl (C=O) groups is 1. The van der Waals surface area contributed by atoms with Crippen LogP contribution in [0.2, 0.25) is 0 Å². The maximum absolute atomic E-state index is 11.2. The van der Waals surface area contributed by atoms with Crippen molar-refractivity contribution < 1.29 is 19.7 Å². The summed E-state index contributed by atoms with van der Waals surface area (Å²) >= 11 is 0. The van der Waals surface area contributed by atoms with Crippen molar-refractivity contribution in [3.63, 3.8) is 0 Å². The Hall–Kier alpha value is -3.53. The van der Waals surface area contributed by atoms with Crippen molar-refractivity contribution in [3.8, 4) is 11.5 Å². The number of benzene rings is 3. The zero-order valence-electron chi connectivity index (χ0n) is 14.7. The van der Waals surface area contributed by atoms with E-state index in [0.717, 1.165) is 17.1 Å². The molecule has 0 saturated carbocycles. The molecule has 0 unspecified atom stereocenters. The van der Waals surface area contributed by atoms with Gasteiger partial charge in [-0.2, -0.15) is 0 Å². The molecule has 0 aliphatic heterocycles. The van der Waals surface area contributed by atoms with E-state index in [4.69, 9.17) is 9.84 Å². The normalized spacial score (nSPS) is 11.6. The van der Waals surface area contributed by atoms with Crippen molar-refractivity contribution in [1.29, 1.82) is 0 Å². The summed E-state index contributed by atoms with van der Waals surface area (Å²) in [5.74, 6) is -0.422. The lowest BCUT2D eigenvalue weighted by atomic mass is 9.97. The molecule has 3 aromatic carbocycles. The first-order chi connectivity index (χ1) is 13.1. The summed E-state index contributed by atoms with van der Waals surface area (Å²) in [6, 6.07) is 26.3. The molecule has 136 valence electrons. The SMILES string of the molecule is O=C(O)/C(O)=C(\CCc1ccc(Oc2ccccc2)cc1)c1ccccc1. The van der Waals surface area contributed by atoms with E-state index < -0.39 is 11.7 Å². The first kappa shape index (κ1) is 18.3. The van der Waals surface area contributed by atoms with Crippen molar-refractivity contribution in [1.82, 2.24) is 0 Å². The van der Waals surface area contributed by atoms with E-state index in [1.807, 2.05) is 72.8 Å². The molecule has 3 aromatic rings. The second-order valence-electron chi connectivity index (χ2n) is 6.06. The van der Waals surface area contributed by atoms with Crippen LogP contribution < -0.4 is 4.74 Å². The zero-order chi connectivity index (χ0) is 19.1. The van der Waals surface area contributed by atoms with Gasteiger partial charge >= 0.3 is 5.97 Å². The molecule has 4 heteroatoms. The number of allylic oxidation sites excluding steroid dienone is 1. The molecule has 4 nitrogen and oxygen atoms in total. The standard InChI is InChI=1S/C23H20O4/c24-22(23(25)26)21(18-7-3-1-4-8-18)16-13-17-11-14-20(15-12-17)27-19-9-5-2-6-10-19/h1-12,14-15,24H,13,16H2,(H,25,26)/b22-21-. The highest BCUT2D eigenvalue weighted by Gasteiger charge is 2.14. The van der Waals surface area contributed by atoms with Crippen LogP contribution in [-0.4, -0.2) is 16.2 Å². The number of para-hydroxylation sites is 1. The van der Waals surface area contributed by atoms with Gasteiger partial charge in [-0.15, -0.1) is 0 Å². The molecule has 0 aliphatic rings. The fourth-order valence-corrected chi connectivity index (χ4v) is 2.79. The molecule has 0 spiro atoms. The number of carboxylic acids is 1. The average molecular weight is 360 g/mol. The fourth-order valence-electron chi connectivity index (χ4n) is 2.79. The van der Waals surface area contributed by atoms with Gasteiger partial charge in [0.05, 0.1) is 0 Å². The van der Waals surface area contributed by atoms with Gasteiger partial charge < -0.3 is 14.9 Å². The fraction of sp³-hybridized carbons (Fsp3) is 0.0870. The second kappa shape index (κ2) is 8.72. The molecule has 0 aromatic heterocycles. The third-order valence-electron chi connectivity index (χ3n) is 4.18. The number of carboxylic acid groups (broad SMARTS) is 1. The Kier molecular flexibility index (Phi) is 5.90. The van der Waals surface area contributed by atoms with E-state index in [-0.39, 0.29) is 0 Å². The van der Waals surface area contributed by atoms with E-state index in [2.05, 4.69) is 0 Å². The van der Waals surface area contributed by atoms with Gasteiger partial charge in [0.1, 0.15) is 11.5 Å². The Labute approximate surface area is 158 Å². The van der Waals surface area contributed by atoms with E-state index in [0.29, 0.717) is 24.0 Å². The van der Waals surface area contributed by atoms with Crippen molar-refractivity contribution in [3.05, 3.63) is 102 Å². The number of hydrogen-bond donors (Lipinski definition) is 2. The molecule has 0 saturated heterocycles. The van der Waals surface area contributed by atoms with E-state index >= 15 is 0 Å². The third-order valence-corrected chi connectivity index (χ3v) is 4.18. The predicted molar refractivity (Wildman–Crippen MR) is 105 cm³/mol. The molecule has 0 aliphatic carbocycles. The highest BCUT2D eigenvalue weighted by Crippen LogP contribution is 2.25. The van der Waals surface area contributed by atoms with Crippen LogP contribution in [0.25, 0.3) is 5.57 Å². The number of aryl methyl sites for hydroxylation is 1. The van der Waals surface area contributed by atoms with E-state index in [1.54, 1.807) is 12.1 Å².